The van der Waals surface area contributed by atoms with Gasteiger partial charge in [0.2, 0.25) is 0 Å². The van der Waals surface area contributed by atoms with E-state index in [1.54, 1.807) is 24.3 Å². The number of carbonyl (C=O) groups is 1. The van der Waals surface area contributed by atoms with Gasteiger partial charge in [0.25, 0.3) is 0 Å². The zero-order valence-electron chi connectivity index (χ0n) is 19.7. The SMILES string of the molecule is O=C(C(CCl)N1CCN(c2ccc(Cl)cc2F)CC1)C(CCl)N1CCN(c2ccc(Cl)cc2F)CC1. The number of carbonyl (C=O) groups excluding carboxylic acids is 1. The highest BCUT2D eigenvalue weighted by molar-refractivity contribution is 6.31. The molecule has 5 nitrogen and oxygen atoms in total. The smallest absolute Gasteiger partial charge is 0.169 e. The van der Waals surface area contributed by atoms with Crippen LogP contribution in [0.5, 0.6) is 0 Å². The molecule has 0 N–H and O–H groups in total. The fourth-order valence-corrected chi connectivity index (χ4v) is 5.97. The summed E-state index contributed by atoms with van der Waals surface area (Å²) in [6.45, 7) is 4.56. The standard InChI is InChI=1S/C25H28Cl4F2N4O/c26-15-23(34-9-5-32(6-10-34)21-3-1-17(28)13-19(21)30)25(36)24(16-27)35-11-7-33(8-12-35)22-4-2-18(29)14-20(22)31/h1-4,13-14,23-24H,5-12,15-16H2. The van der Waals surface area contributed by atoms with Gasteiger partial charge in [0, 0.05) is 74.2 Å². The molecular formula is C25H28Cl4F2N4O. The summed E-state index contributed by atoms with van der Waals surface area (Å²) in [6, 6.07) is 8.33. The van der Waals surface area contributed by atoms with E-state index in [1.165, 1.54) is 12.1 Å². The second-order valence-corrected chi connectivity index (χ2v) is 10.5. The molecule has 2 aliphatic heterocycles. The zero-order chi connectivity index (χ0) is 25.8. The molecule has 2 fully saturated rings. The minimum atomic E-state index is -0.487. The van der Waals surface area contributed by atoms with Gasteiger partial charge >= 0.3 is 0 Å². The van der Waals surface area contributed by atoms with Crippen molar-refractivity contribution in [3.8, 4) is 0 Å². The van der Waals surface area contributed by atoms with E-state index in [1.807, 2.05) is 9.80 Å². The summed E-state index contributed by atoms with van der Waals surface area (Å²) >= 11 is 24.3. The quantitative estimate of drug-likeness (QED) is 0.411. The maximum atomic E-state index is 14.4. The first-order valence-corrected chi connectivity index (χ1v) is 13.7. The van der Waals surface area contributed by atoms with E-state index in [2.05, 4.69) is 9.80 Å². The molecule has 0 bridgehead atoms. The number of anilines is 2. The fourth-order valence-electron chi connectivity index (χ4n) is 4.95. The third-order valence-electron chi connectivity index (χ3n) is 6.96. The van der Waals surface area contributed by atoms with Gasteiger partial charge in [-0.1, -0.05) is 23.2 Å². The van der Waals surface area contributed by atoms with E-state index >= 15 is 0 Å². The van der Waals surface area contributed by atoms with Crippen LogP contribution in [-0.2, 0) is 4.79 Å². The fraction of sp³-hybridized carbons (Fsp3) is 0.480. The summed E-state index contributed by atoms with van der Waals surface area (Å²) in [7, 11) is 0. The molecule has 0 aromatic heterocycles. The summed E-state index contributed by atoms with van der Waals surface area (Å²) in [5.41, 5.74) is 1.00. The maximum absolute atomic E-state index is 14.4. The number of nitrogens with zero attached hydrogens (tertiary/aromatic N) is 4. The van der Waals surface area contributed by atoms with Crippen molar-refractivity contribution in [1.82, 2.24) is 9.80 Å². The molecular weight excluding hydrogens is 552 g/mol. The number of hydrogen-bond donors (Lipinski definition) is 0. The number of benzene rings is 2. The van der Waals surface area contributed by atoms with Gasteiger partial charge in [-0.05, 0) is 36.4 Å². The average Bonchev–Trinajstić information content (AvgIpc) is 2.86. The van der Waals surface area contributed by atoms with Crippen LogP contribution < -0.4 is 9.80 Å². The predicted molar refractivity (Wildman–Crippen MR) is 144 cm³/mol. The van der Waals surface area contributed by atoms with Gasteiger partial charge in [0.15, 0.2) is 5.78 Å². The monoisotopic (exact) mass is 578 g/mol. The Morgan fingerprint density at radius 3 is 1.36 bits per heavy atom. The first kappa shape index (κ1) is 27.7. The van der Waals surface area contributed by atoms with Crippen molar-refractivity contribution in [2.24, 2.45) is 0 Å². The third-order valence-corrected chi connectivity index (χ3v) is 8.01. The lowest BCUT2D eigenvalue weighted by atomic mass is 10.0. The highest BCUT2D eigenvalue weighted by Gasteiger charge is 2.36. The third kappa shape index (κ3) is 6.20. The molecule has 2 aromatic rings. The van der Waals surface area contributed by atoms with E-state index < -0.39 is 12.1 Å². The van der Waals surface area contributed by atoms with E-state index in [0.717, 1.165) is 0 Å². The Morgan fingerprint density at radius 1 is 0.694 bits per heavy atom. The largest absolute Gasteiger partial charge is 0.367 e. The number of hydrogen-bond acceptors (Lipinski definition) is 5. The van der Waals surface area contributed by atoms with Crippen LogP contribution in [0.15, 0.2) is 36.4 Å². The van der Waals surface area contributed by atoms with Crippen LogP contribution in [0.1, 0.15) is 0 Å². The number of halogens is 6. The van der Waals surface area contributed by atoms with Gasteiger partial charge in [0.1, 0.15) is 11.6 Å². The first-order chi connectivity index (χ1) is 17.3. The number of alkyl halides is 2. The van der Waals surface area contributed by atoms with Crippen molar-refractivity contribution >= 4 is 63.6 Å². The molecule has 2 unspecified atom stereocenters. The van der Waals surface area contributed by atoms with Crippen molar-refractivity contribution in [3.63, 3.8) is 0 Å². The molecule has 0 saturated carbocycles. The predicted octanol–water partition coefficient (Wildman–Crippen LogP) is 5.00. The van der Waals surface area contributed by atoms with E-state index in [9.17, 15) is 13.6 Å². The minimum absolute atomic E-state index is 0.0164. The zero-order valence-corrected chi connectivity index (χ0v) is 22.7. The Labute approximate surface area is 230 Å². The second kappa shape index (κ2) is 12.5. The van der Waals surface area contributed by atoms with Gasteiger partial charge in [-0.25, -0.2) is 8.78 Å². The van der Waals surface area contributed by atoms with Crippen LogP contribution in [-0.4, -0.2) is 91.8 Å². The van der Waals surface area contributed by atoms with E-state index in [4.69, 9.17) is 46.4 Å². The molecule has 2 saturated heterocycles. The maximum Gasteiger partial charge on any atom is 0.169 e. The summed E-state index contributed by atoms with van der Waals surface area (Å²) in [4.78, 5) is 21.6. The Hall–Kier alpha value is -1.35. The Balaban J connectivity index is 1.36. The van der Waals surface area contributed by atoms with Gasteiger partial charge in [-0.15, -0.1) is 23.2 Å². The first-order valence-electron chi connectivity index (χ1n) is 11.9. The van der Waals surface area contributed by atoms with Gasteiger partial charge in [0.05, 0.1) is 23.5 Å². The van der Waals surface area contributed by atoms with Crippen LogP contribution >= 0.6 is 46.4 Å². The second-order valence-electron chi connectivity index (χ2n) is 8.98. The van der Waals surface area contributed by atoms with E-state index in [0.29, 0.717) is 73.8 Å². The van der Waals surface area contributed by atoms with Gasteiger partial charge in [-0.2, -0.15) is 0 Å². The van der Waals surface area contributed by atoms with Crippen LogP contribution in [0.3, 0.4) is 0 Å². The number of rotatable bonds is 8. The normalized spacial score (nSPS) is 19.4. The molecule has 0 aliphatic carbocycles. The Kier molecular flexibility index (Phi) is 9.58. The lowest BCUT2D eigenvalue weighted by molar-refractivity contribution is -0.128. The summed E-state index contributed by atoms with van der Waals surface area (Å²) in [6.07, 6.45) is 0. The molecule has 0 amide bonds. The number of Topliss-reactive ketones (excluding diaryl/α,β-unsaturated/α-hetero) is 1. The van der Waals surface area contributed by atoms with Crippen LogP contribution in [0.2, 0.25) is 10.0 Å². The molecule has 2 aliphatic rings. The van der Waals surface area contributed by atoms with Crippen LogP contribution in [0.4, 0.5) is 20.2 Å². The molecule has 0 radical (unpaired) electrons. The van der Waals surface area contributed by atoms with Crippen molar-refractivity contribution in [1.29, 1.82) is 0 Å². The van der Waals surface area contributed by atoms with Crippen molar-refractivity contribution in [2.75, 3.05) is 73.9 Å². The highest BCUT2D eigenvalue weighted by Crippen LogP contribution is 2.26. The molecule has 36 heavy (non-hydrogen) atoms. The highest BCUT2D eigenvalue weighted by atomic mass is 35.5. The molecule has 196 valence electrons. The molecule has 11 heteroatoms. The van der Waals surface area contributed by atoms with Gasteiger partial charge < -0.3 is 9.80 Å². The molecule has 4 rings (SSSR count). The average molecular weight is 580 g/mol. The molecule has 2 aromatic carbocycles. The van der Waals surface area contributed by atoms with Crippen molar-refractivity contribution in [2.45, 2.75) is 12.1 Å². The summed E-state index contributed by atoms with van der Waals surface area (Å²) in [5.74, 6) is -0.437. The van der Waals surface area contributed by atoms with Gasteiger partial charge in [-0.3, -0.25) is 14.6 Å². The molecule has 2 heterocycles. The minimum Gasteiger partial charge on any atom is -0.367 e. The van der Waals surface area contributed by atoms with Crippen LogP contribution in [0, 0.1) is 11.6 Å². The Bertz CT molecular complexity index is 981. The van der Waals surface area contributed by atoms with E-state index in [-0.39, 0.29) is 29.2 Å². The van der Waals surface area contributed by atoms with Crippen molar-refractivity contribution in [3.05, 3.63) is 58.1 Å². The van der Waals surface area contributed by atoms with Crippen molar-refractivity contribution < 1.29 is 13.6 Å². The number of piperazine rings is 2. The number of ketones is 1. The lowest BCUT2D eigenvalue weighted by Crippen LogP contribution is -2.60. The molecule has 2 atom stereocenters. The summed E-state index contributed by atoms with van der Waals surface area (Å²) < 4.78 is 28.7. The molecule has 0 spiro atoms. The Morgan fingerprint density at radius 2 is 1.06 bits per heavy atom. The van der Waals surface area contributed by atoms with Crippen LogP contribution in [0.25, 0.3) is 0 Å². The topological polar surface area (TPSA) is 30.0 Å². The summed E-state index contributed by atoms with van der Waals surface area (Å²) in [5, 5.41) is 0.711. The lowest BCUT2D eigenvalue weighted by Gasteiger charge is -2.43.